The second-order valence-electron chi connectivity index (χ2n) is 5.70. The number of nitrogens with zero attached hydrogens (tertiary/aromatic N) is 4. The van der Waals surface area contributed by atoms with Crippen molar-refractivity contribution < 1.29 is 9.59 Å². The van der Waals surface area contributed by atoms with Crippen LogP contribution in [0, 0.1) is 17.2 Å². The van der Waals surface area contributed by atoms with Crippen molar-refractivity contribution in [3.8, 4) is 6.07 Å². The fourth-order valence-electron chi connectivity index (χ4n) is 3.04. The lowest BCUT2D eigenvalue weighted by Crippen LogP contribution is -2.32. The van der Waals surface area contributed by atoms with Crippen LogP contribution in [-0.2, 0) is 4.79 Å². The number of carbonyl (C=O) groups excluding carboxylic acids is 2. The van der Waals surface area contributed by atoms with Gasteiger partial charge in [0.1, 0.15) is 0 Å². The van der Waals surface area contributed by atoms with Crippen LogP contribution in [0.5, 0.6) is 0 Å². The summed E-state index contributed by atoms with van der Waals surface area (Å²) in [6, 6.07) is 3.75. The van der Waals surface area contributed by atoms with Crippen molar-refractivity contribution in [3.63, 3.8) is 0 Å². The maximum atomic E-state index is 12.3. The van der Waals surface area contributed by atoms with Crippen LogP contribution in [0.3, 0.4) is 0 Å². The number of nitrogens with one attached hydrogen (secondary N) is 1. The Hall–Kier alpha value is -2.75. The molecule has 0 aromatic carbocycles. The Bertz CT molecular complexity index is 798. The summed E-state index contributed by atoms with van der Waals surface area (Å²) in [5, 5.41) is 16.5. The van der Waals surface area contributed by atoms with Gasteiger partial charge < -0.3 is 5.32 Å². The molecule has 7 nitrogen and oxygen atoms in total. The van der Waals surface area contributed by atoms with Gasteiger partial charge in [0, 0.05) is 24.2 Å². The molecule has 1 amide bonds. The number of Topliss-reactive ketones (excluding diaryl/α,β-unsaturated/α-hetero) is 1. The third kappa shape index (κ3) is 2.68. The van der Waals surface area contributed by atoms with Crippen LogP contribution in [0.4, 0.5) is 0 Å². The first-order valence-electron chi connectivity index (χ1n) is 7.64. The van der Waals surface area contributed by atoms with Crippen LogP contribution in [0.1, 0.15) is 42.1 Å². The fourth-order valence-corrected chi connectivity index (χ4v) is 3.04. The number of hydrogen-bond donors (Lipinski definition) is 1. The molecule has 0 aliphatic heterocycles. The molecule has 2 aromatic heterocycles. The third-order valence-corrected chi connectivity index (χ3v) is 4.29. The average Bonchev–Trinajstić information content (AvgIpc) is 3.23. The van der Waals surface area contributed by atoms with E-state index in [1.165, 1.54) is 26.1 Å². The summed E-state index contributed by atoms with van der Waals surface area (Å²) in [6.45, 7) is 0. The number of carbonyl (C=O) groups is 2. The minimum absolute atomic E-state index is 0.249. The maximum absolute atomic E-state index is 12.3. The second-order valence-corrected chi connectivity index (χ2v) is 5.70. The van der Waals surface area contributed by atoms with Crippen molar-refractivity contribution in [2.45, 2.75) is 31.7 Å². The van der Waals surface area contributed by atoms with Gasteiger partial charge in [-0.3, -0.25) is 9.59 Å². The highest BCUT2D eigenvalue weighted by Crippen LogP contribution is 2.31. The number of nitriles is 1. The van der Waals surface area contributed by atoms with Gasteiger partial charge in [-0.05, 0) is 18.9 Å². The molecular formula is C16H17N5O2. The molecule has 0 saturated heterocycles. The predicted molar refractivity (Wildman–Crippen MR) is 82.5 cm³/mol. The summed E-state index contributed by atoms with van der Waals surface area (Å²) in [4.78, 5) is 28.3. The van der Waals surface area contributed by atoms with E-state index in [1.54, 1.807) is 18.3 Å². The Kier molecular flexibility index (Phi) is 4.06. The molecule has 1 atom stereocenters. The maximum Gasteiger partial charge on any atom is 0.245 e. The van der Waals surface area contributed by atoms with Crippen molar-refractivity contribution in [1.82, 2.24) is 20.1 Å². The van der Waals surface area contributed by atoms with Gasteiger partial charge in [-0.2, -0.15) is 10.4 Å². The Morgan fingerprint density at radius 1 is 1.39 bits per heavy atom. The topological polar surface area (TPSA) is 101 Å². The predicted octanol–water partition coefficient (Wildman–Crippen LogP) is 1.61. The van der Waals surface area contributed by atoms with E-state index < -0.39 is 17.6 Å². The smallest absolute Gasteiger partial charge is 0.245 e. The molecule has 0 bridgehead atoms. The number of amides is 1. The third-order valence-electron chi connectivity index (χ3n) is 4.29. The quantitative estimate of drug-likeness (QED) is 0.683. The normalized spacial score (nSPS) is 16.2. The van der Waals surface area contributed by atoms with Gasteiger partial charge in [-0.25, -0.2) is 9.67 Å². The average molecular weight is 311 g/mol. The van der Waals surface area contributed by atoms with Gasteiger partial charge in [0.2, 0.25) is 5.91 Å². The molecular weight excluding hydrogens is 294 g/mol. The first-order chi connectivity index (χ1) is 11.2. The molecule has 118 valence electrons. The molecule has 23 heavy (non-hydrogen) atoms. The minimum Gasteiger partial charge on any atom is -0.358 e. The molecule has 0 unspecified atom stereocenters. The highest BCUT2D eigenvalue weighted by atomic mass is 16.2. The zero-order valence-corrected chi connectivity index (χ0v) is 12.8. The Labute approximate surface area is 133 Å². The largest absolute Gasteiger partial charge is 0.358 e. The summed E-state index contributed by atoms with van der Waals surface area (Å²) in [5.74, 6) is -2.52. The lowest BCUT2D eigenvalue weighted by molar-refractivity contribution is -0.121. The molecule has 2 aromatic rings. The second kappa shape index (κ2) is 6.16. The molecule has 7 heteroatoms. The SMILES string of the molecule is CNC(=O)[C@H](C#N)C(=O)c1cnc2c(cnn2C2CCCC2)c1. The van der Waals surface area contributed by atoms with E-state index in [0.717, 1.165) is 23.9 Å². The van der Waals surface area contributed by atoms with Crippen LogP contribution < -0.4 is 5.32 Å². The number of rotatable bonds is 4. The standard InChI is InChI=1S/C16H17N5O2/c1-18-16(23)13(7-17)14(22)10-6-11-9-20-21(15(11)19-8-10)12-4-2-3-5-12/h6,8-9,12-13H,2-5H2,1H3,(H,18,23)/t13-/m1/s1. The van der Waals surface area contributed by atoms with Crippen molar-refractivity contribution in [2.75, 3.05) is 7.05 Å². The minimum atomic E-state index is -1.36. The van der Waals surface area contributed by atoms with Crippen LogP contribution in [-0.4, -0.2) is 33.5 Å². The molecule has 1 aliphatic rings. The Balaban J connectivity index is 1.93. The zero-order chi connectivity index (χ0) is 16.4. The lowest BCUT2D eigenvalue weighted by Gasteiger charge is -2.10. The lowest BCUT2D eigenvalue weighted by atomic mass is 9.99. The van der Waals surface area contributed by atoms with E-state index in [9.17, 15) is 9.59 Å². The van der Waals surface area contributed by atoms with E-state index in [-0.39, 0.29) is 5.56 Å². The number of fused-ring (bicyclic) bond motifs is 1. The summed E-state index contributed by atoms with van der Waals surface area (Å²) in [7, 11) is 1.40. The first-order valence-corrected chi connectivity index (χ1v) is 7.64. The number of pyridine rings is 1. The van der Waals surface area contributed by atoms with Gasteiger partial charge in [0.05, 0.1) is 18.3 Å². The fraction of sp³-hybridized carbons (Fsp3) is 0.438. The molecule has 3 rings (SSSR count). The summed E-state index contributed by atoms with van der Waals surface area (Å²) in [5.41, 5.74) is 0.987. The van der Waals surface area contributed by atoms with Crippen molar-refractivity contribution in [1.29, 1.82) is 5.26 Å². The van der Waals surface area contributed by atoms with E-state index in [0.29, 0.717) is 6.04 Å². The Morgan fingerprint density at radius 3 is 2.78 bits per heavy atom. The van der Waals surface area contributed by atoms with Gasteiger partial charge in [-0.15, -0.1) is 0 Å². The number of ketones is 1. The summed E-state index contributed by atoms with van der Waals surface area (Å²) < 4.78 is 1.91. The van der Waals surface area contributed by atoms with Gasteiger partial charge in [-0.1, -0.05) is 12.8 Å². The number of hydrogen-bond acceptors (Lipinski definition) is 5. The molecule has 0 spiro atoms. The van der Waals surface area contributed by atoms with Gasteiger partial charge in [0.15, 0.2) is 17.3 Å². The summed E-state index contributed by atoms with van der Waals surface area (Å²) in [6.07, 6.45) is 7.67. The van der Waals surface area contributed by atoms with Crippen LogP contribution in [0.25, 0.3) is 11.0 Å². The van der Waals surface area contributed by atoms with Gasteiger partial charge >= 0.3 is 0 Å². The van der Waals surface area contributed by atoms with Crippen LogP contribution in [0.15, 0.2) is 18.5 Å². The molecule has 2 heterocycles. The van der Waals surface area contributed by atoms with E-state index in [4.69, 9.17) is 5.26 Å². The Morgan fingerprint density at radius 2 is 2.13 bits per heavy atom. The highest BCUT2D eigenvalue weighted by Gasteiger charge is 2.27. The van der Waals surface area contributed by atoms with Crippen LogP contribution >= 0.6 is 0 Å². The van der Waals surface area contributed by atoms with Crippen molar-refractivity contribution >= 4 is 22.7 Å². The molecule has 1 saturated carbocycles. The first kappa shape index (κ1) is 15.2. The van der Waals surface area contributed by atoms with Gasteiger partial charge in [0.25, 0.3) is 0 Å². The van der Waals surface area contributed by atoms with Crippen LogP contribution in [0.2, 0.25) is 0 Å². The van der Waals surface area contributed by atoms with Crippen molar-refractivity contribution in [2.24, 2.45) is 5.92 Å². The summed E-state index contributed by atoms with van der Waals surface area (Å²) >= 11 is 0. The van der Waals surface area contributed by atoms with E-state index >= 15 is 0 Å². The highest BCUT2D eigenvalue weighted by molar-refractivity contribution is 6.12. The molecule has 0 radical (unpaired) electrons. The van der Waals surface area contributed by atoms with E-state index in [1.807, 2.05) is 4.68 Å². The number of aromatic nitrogens is 3. The van der Waals surface area contributed by atoms with Crippen molar-refractivity contribution in [3.05, 3.63) is 24.0 Å². The molecule has 1 fully saturated rings. The molecule has 1 N–H and O–H groups in total. The monoisotopic (exact) mass is 311 g/mol. The zero-order valence-electron chi connectivity index (χ0n) is 12.8. The van der Waals surface area contributed by atoms with E-state index in [2.05, 4.69) is 15.4 Å². The molecule has 1 aliphatic carbocycles.